The molecule has 2 N–H and O–H groups in total. The maximum atomic E-state index is 9.72. The fraction of sp³-hybridized carbons (Fsp3) is 0.684. The van der Waals surface area contributed by atoms with Gasteiger partial charge in [0.05, 0.1) is 12.2 Å². The third-order valence-electron chi connectivity index (χ3n) is 3.55. The van der Waals surface area contributed by atoms with Crippen molar-refractivity contribution >= 4 is 0 Å². The molecule has 0 aliphatic rings. The topological polar surface area (TPSA) is 40.5 Å². The van der Waals surface area contributed by atoms with Gasteiger partial charge in [-0.15, -0.1) is 0 Å². The number of hydrogen-bond donors (Lipinski definition) is 2. The van der Waals surface area contributed by atoms with Crippen LogP contribution in [0.5, 0.6) is 0 Å². The zero-order valence-electron chi connectivity index (χ0n) is 13.7. The number of aliphatic hydroxyl groups excluding tert-OH is 2. The molecule has 2 nitrogen and oxygen atoms in total. The van der Waals surface area contributed by atoms with Crippen LogP contribution in [0.15, 0.2) is 37.0 Å². The van der Waals surface area contributed by atoms with Crippen LogP contribution in [-0.4, -0.2) is 22.4 Å². The van der Waals surface area contributed by atoms with Gasteiger partial charge in [0.1, 0.15) is 0 Å². The lowest BCUT2D eigenvalue weighted by atomic mass is 10.1. The number of aliphatic hydroxyl groups is 2. The lowest BCUT2D eigenvalue weighted by Gasteiger charge is -2.05. The van der Waals surface area contributed by atoms with Crippen LogP contribution in [0.4, 0.5) is 0 Å². The molecule has 2 unspecified atom stereocenters. The molecule has 0 aromatic rings. The Morgan fingerprint density at radius 3 is 2.14 bits per heavy atom. The number of hydrogen-bond acceptors (Lipinski definition) is 2. The Balaban J connectivity index is 3.38. The van der Waals surface area contributed by atoms with E-state index in [1.165, 1.54) is 19.3 Å². The Hall–Kier alpha value is -0.860. The third kappa shape index (κ3) is 15.3. The van der Waals surface area contributed by atoms with Gasteiger partial charge < -0.3 is 10.2 Å². The number of allylic oxidation sites excluding steroid dienone is 3. The summed E-state index contributed by atoms with van der Waals surface area (Å²) in [5, 5.41) is 19.3. The monoisotopic (exact) mass is 294 g/mol. The van der Waals surface area contributed by atoms with Gasteiger partial charge in [0.2, 0.25) is 0 Å². The van der Waals surface area contributed by atoms with Crippen molar-refractivity contribution in [3.63, 3.8) is 0 Å². The fourth-order valence-corrected chi connectivity index (χ4v) is 2.23. The first-order valence-electron chi connectivity index (χ1n) is 8.52. The molecule has 122 valence electrons. The van der Waals surface area contributed by atoms with Crippen molar-refractivity contribution in [2.75, 3.05) is 0 Å². The molecule has 21 heavy (non-hydrogen) atoms. The second-order valence-corrected chi connectivity index (χ2v) is 5.67. The molecule has 0 amide bonds. The van der Waals surface area contributed by atoms with Crippen LogP contribution < -0.4 is 0 Å². The van der Waals surface area contributed by atoms with Crippen molar-refractivity contribution in [3.05, 3.63) is 37.0 Å². The Bertz CT molecular complexity index is 281. The summed E-state index contributed by atoms with van der Waals surface area (Å²) < 4.78 is 0. The van der Waals surface area contributed by atoms with Gasteiger partial charge in [-0.25, -0.2) is 0 Å². The lowest BCUT2D eigenvalue weighted by molar-refractivity contribution is 0.207. The van der Waals surface area contributed by atoms with E-state index in [0.29, 0.717) is 0 Å². The van der Waals surface area contributed by atoms with Gasteiger partial charge in [-0.05, 0) is 25.7 Å². The molecule has 0 saturated heterocycles. The van der Waals surface area contributed by atoms with Gasteiger partial charge in [0.15, 0.2) is 0 Å². The molecule has 0 aromatic carbocycles. The van der Waals surface area contributed by atoms with E-state index in [2.05, 4.69) is 19.6 Å². The predicted molar refractivity (Wildman–Crippen MR) is 92.3 cm³/mol. The van der Waals surface area contributed by atoms with Gasteiger partial charge in [-0.3, -0.25) is 0 Å². The molecule has 2 heteroatoms. The van der Waals surface area contributed by atoms with Gasteiger partial charge in [0.25, 0.3) is 0 Å². The van der Waals surface area contributed by atoms with Crippen LogP contribution in [0.3, 0.4) is 0 Å². The molecule has 0 bridgehead atoms. The molecule has 0 aromatic heterocycles. The van der Waals surface area contributed by atoms with E-state index < -0.39 is 0 Å². The summed E-state index contributed by atoms with van der Waals surface area (Å²) in [4.78, 5) is 0. The van der Waals surface area contributed by atoms with E-state index in [4.69, 9.17) is 0 Å². The summed E-state index contributed by atoms with van der Waals surface area (Å²) in [5.41, 5.74) is 0. The standard InChI is InChI=1S/C19H34O2/c1-3-5-11-15-19(21)17-13-10-8-7-9-12-16-18(20)14-6-4-2/h4,6,13-14,17-21H,2-3,5,7-12,15-16H2,1H3/b14-6-,17-13-. The van der Waals surface area contributed by atoms with E-state index in [0.717, 1.165) is 44.9 Å². The van der Waals surface area contributed by atoms with Gasteiger partial charge >= 0.3 is 0 Å². The molecular weight excluding hydrogens is 260 g/mol. The van der Waals surface area contributed by atoms with Crippen LogP contribution in [0.1, 0.15) is 71.1 Å². The Labute approximate surface area is 131 Å². The first kappa shape index (κ1) is 20.1. The molecule has 0 fully saturated rings. The van der Waals surface area contributed by atoms with E-state index >= 15 is 0 Å². The quantitative estimate of drug-likeness (QED) is 0.271. The van der Waals surface area contributed by atoms with Gasteiger partial charge in [-0.2, -0.15) is 0 Å². The molecule has 0 radical (unpaired) electrons. The molecule has 0 saturated carbocycles. The minimum Gasteiger partial charge on any atom is -0.389 e. The summed E-state index contributed by atoms with van der Waals surface area (Å²) in [6.07, 6.45) is 19.6. The SMILES string of the molecule is C=C/C=C\C(O)CCCCCC/C=C\C(O)CCCCC. The summed E-state index contributed by atoms with van der Waals surface area (Å²) in [5.74, 6) is 0. The number of rotatable bonds is 14. The highest BCUT2D eigenvalue weighted by Gasteiger charge is 1.99. The van der Waals surface area contributed by atoms with Crippen LogP contribution in [-0.2, 0) is 0 Å². The van der Waals surface area contributed by atoms with Crippen molar-refractivity contribution in [1.82, 2.24) is 0 Å². The second kappa shape index (κ2) is 15.5. The molecule has 0 spiro atoms. The summed E-state index contributed by atoms with van der Waals surface area (Å²) in [6.45, 7) is 5.76. The normalized spacial score (nSPS) is 14.8. The molecule has 0 aliphatic carbocycles. The molecule has 0 aliphatic heterocycles. The smallest absolute Gasteiger partial charge is 0.0723 e. The van der Waals surface area contributed by atoms with Gasteiger partial charge in [0, 0.05) is 0 Å². The summed E-state index contributed by atoms with van der Waals surface area (Å²) in [7, 11) is 0. The zero-order chi connectivity index (χ0) is 15.8. The van der Waals surface area contributed by atoms with E-state index in [9.17, 15) is 10.2 Å². The second-order valence-electron chi connectivity index (χ2n) is 5.67. The van der Waals surface area contributed by atoms with Crippen LogP contribution in [0, 0.1) is 0 Å². The van der Waals surface area contributed by atoms with E-state index in [1.54, 1.807) is 18.2 Å². The highest BCUT2D eigenvalue weighted by molar-refractivity contribution is 5.00. The van der Waals surface area contributed by atoms with E-state index in [-0.39, 0.29) is 12.2 Å². The third-order valence-corrected chi connectivity index (χ3v) is 3.55. The minimum absolute atomic E-state index is 0.261. The van der Waals surface area contributed by atoms with Crippen molar-refractivity contribution in [1.29, 1.82) is 0 Å². The predicted octanol–water partition coefficient (Wildman–Crippen LogP) is 4.93. The van der Waals surface area contributed by atoms with Crippen LogP contribution in [0.25, 0.3) is 0 Å². The van der Waals surface area contributed by atoms with Crippen molar-refractivity contribution in [2.45, 2.75) is 83.3 Å². The molecular formula is C19H34O2. The molecule has 2 atom stereocenters. The Morgan fingerprint density at radius 1 is 0.857 bits per heavy atom. The first-order valence-corrected chi connectivity index (χ1v) is 8.52. The summed E-state index contributed by atoms with van der Waals surface area (Å²) in [6, 6.07) is 0. The van der Waals surface area contributed by atoms with Crippen LogP contribution in [0.2, 0.25) is 0 Å². The van der Waals surface area contributed by atoms with Crippen molar-refractivity contribution < 1.29 is 10.2 Å². The average Bonchev–Trinajstić information content (AvgIpc) is 2.48. The Morgan fingerprint density at radius 2 is 1.48 bits per heavy atom. The number of unbranched alkanes of at least 4 members (excludes halogenated alkanes) is 6. The fourth-order valence-electron chi connectivity index (χ4n) is 2.23. The highest BCUT2D eigenvalue weighted by atomic mass is 16.3. The highest BCUT2D eigenvalue weighted by Crippen LogP contribution is 2.09. The summed E-state index contributed by atoms with van der Waals surface area (Å²) >= 11 is 0. The first-order chi connectivity index (χ1) is 10.2. The maximum absolute atomic E-state index is 9.72. The maximum Gasteiger partial charge on any atom is 0.0723 e. The van der Waals surface area contributed by atoms with Crippen molar-refractivity contribution in [3.8, 4) is 0 Å². The van der Waals surface area contributed by atoms with E-state index in [1.807, 2.05) is 6.08 Å². The molecule has 0 heterocycles. The largest absolute Gasteiger partial charge is 0.389 e. The van der Waals surface area contributed by atoms with Crippen LogP contribution >= 0.6 is 0 Å². The van der Waals surface area contributed by atoms with Gasteiger partial charge in [-0.1, -0.05) is 82.4 Å². The lowest BCUT2D eigenvalue weighted by Crippen LogP contribution is -2.01. The van der Waals surface area contributed by atoms with Crippen molar-refractivity contribution in [2.24, 2.45) is 0 Å². The minimum atomic E-state index is -0.332. The zero-order valence-corrected chi connectivity index (χ0v) is 13.7. The molecule has 0 rings (SSSR count). The Kier molecular flexibility index (Phi) is 14.9. The average molecular weight is 294 g/mol.